The van der Waals surface area contributed by atoms with Gasteiger partial charge < -0.3 is 15.4 Å². The highest BCUT2D eigenvalue weighted by molar-refractivity contribution is 6.30. The number of urea groups is 1. The van der Waals surface area contributed by atoms with Crippen LogP contribution < -0.4 is 10.6 Å². The summed E-state index contributed by atoms with van der Waals surface area (Å²) in [6.07, 6.45) is 0.761. The van der Waals surface area contributed by atoms with Crippen molar-refractivity contribution in [2.45, 2.75) is 32.9 Å². The van der Waals surface area contributed by atoms with Crippen molar-refractivity contribution >= 4 is 23.6 Å². The average molecular weight is 313 g/mol. The maximum atomic E-state index is 11.9. The highest BCUT2D eigenvalue weighted by Gasteiger charge is 2.26. The van der Waals surface area contributed by atoms with Crippen LogP contribution in [0.15, 0.2) is 24.3 Å². The van der Waals surface area contributed by atoms with E-state index in [-0.39, 0.29) is 5.92 Å². The number of methoxy groups -OCH3 is 1. The van der Waals surface area contributed by atoms with E-state index in [1.54, 1.807) is 12.1 Å². The molecule has 0 bridgehead atoms. The second kappa shape index (κ2) is 8.52. The van der Waals surface area contributed by atoms with Gasteiger partial charge in [-0.1, -0.05) is 44.0 Å². The third-order valence-electron chi connectivity index (χ3n) is 3.32. The fraction of sp³-hybridized carbons (Fsp3) is 0.467. The molecule has 116 valence electrons. The van der Waals surface area contributed by atoms with Gasteiger partial charge in [0, 0.05) is 11.6 Å². The van der Waals surface area contributed by atoms with E-state index in [0.29, 0.717) is 11.6 Å². The van der Waals surface area contributed by atoms with Crippen LogP contribution in [-0.2, 0) is 16.1 Å². The summed E-state index contributed by atoms with van der Waals surface area (Å²) in [5.74, 6) is -0.440. The number of esters is 1. The monoisotopic (exact) mass is 312 g/mol. The number of hydrogen-bond donors (Lipinski definition) is 2. The second-order valence-electron chi connectivity index (χ2n) is 4.84. The standard InChI is InChI=1S/C15H21ClN2O3/c1-4-10(2)13(14(19)21-3)18-15(20)17-9-11-5-7-12(16)8-6-11/h5-8,10,13H,4,9H2,1-3H3,(H2,17,18,20)/t10-,13+/m1/s1. The molecular formula is C15H21ClN2O3. The van der Waals surface area contributed by atoms with Crippen molar-refractivity contribution in [3.8, 4) is 0 Å². The lowest BCUT2D eigenvalue weighted by molar-refractivity contribution is -0.144. The number of carbonyl (C=O) groups excluding carboxylic acids is 2. The van der Waals surface area contributed by atoms with Gasteiger partial charge in [-0.3, -0.25) is 0 Å². The average Bonchev–Trinajstić information content (AvgIpc) is 2.50. The molecule has 0 aliphatic heterocycles. The molecule has 0 saturated heterocycles. The zero-order valence-electron chi connectivity index (χ0n) is 12.5. The van der Waals surface area contributed by atoms with E-state index in [9.17, 15) is 9.59 Å². The van der Waals surface area contributed by atoms with Gasteiger partial charge in [-0.15, -0.1) is 0 Å². The maximum absolute atomic E-state index is 11.9. The van der Waals surface area contributed by atoms with Gasteiger partial charge in [0.1, 0.15) is 6.04 Å². The molecule has 1 aromatic rings. The van der Waals surface area contributed by atoms with Gasteiger partial charge in [-0.05, 0) is 23.6 Å². The normalized spacial score (nSPS) is 13.1. The Morgan fingerprint density at radius 3 is 2.43 bits per heavy atom. The van der Waals surface area contributed by atoms with Crippen LogP contribution in [0.4, 0.5) is 4.79 Å². The Labute approximate surface area is 130 Å². The molecule has 0 fully saturated rings. The minimum Gasteiger partial charge on any atom is -0.467 e. The lowest BCUT2D eigenvalue weighted by Gasteiger charge is -2.22. The van der Waals surface area contributed by atoms with Gasteiger partial charge in [0.05, 0.1) is 7.11 Å². The SMILES string of the molecule is CC[C@@H](C)[C@H](NC(=O)NCc1ccc(Cl)cc1)C(=O)OC. The molecule has 0 heterocycles. The van der Waals surface area contributed by atoms with Crippen molar-refractivity contribution in [3.05, 3.63) is 34.9 Å². The topological polar surface area (TPSA) is 67.4 Å². The van der Waals surface area contributed by atoms with Crippen molar-refractivity contribution in [1.29, 1.82) is 0 Å². The molecule has 6 heteroatoms. The number of rotatable bonds is 6. The molecule has 0 spiro atoms. The van der Waals surface area contributed by atoms with Crippen LogP contribution >= 0.6 is 11.6 Å². The highest BCUT2D eigenvalue weighted by atomic mass is 35.5. The van der Waals surface area contributed by atoms with Crippen LogP contribution in [0.5, 0.6) is 0 Å². The lowest BCUT2D eigenvalue weighted by Crippen LogP contribution is -2.49. The number of carbonyl (C=O) groups is 2. The first-order chi connectivity index (χ1) is 9.97. The molecule has 0 radical (unpaired) electrons. The summed E-state index contributed by atoms with van der Waals surface area (Å²) >= 11 is 5.79. The Kier molecular flexibility index (Phi) is 7.02. The van der Waals surface area contributed by atoms with E-state index < -0.39 is 18.0 Å². The van der Waals surface area contributed by atoms with Crippen LogP contribution in [-0.4, -0.2) is 25.2 Å². The number of halogens is 1. The molecule has 0 aliphatic rings. The molecule has 0 aromatic heterocycles. The van der Waals surface area contributed by atoms with E-state index in [1.165, 1.54) is 7.11 Å². The van der Waals surface area contributed by atoms with Gasteiger partial charge >= 0.3 is 12.0 Å². The highest BCUT2D eigenvalue weighted by Crippen LogP contribution is 2.10. The zero-order valence-corrected chi connectivity index (χ0v) is 13.2. The van der Waals surface area contributed by atoms with Crippen LogP contribution in [0.1, 0.15) is 25.8 Å². The molecule has 1 rings (SSSR count). The second-order valence-corrected chi connectivity index (χ2v) is 5.28. The fourth-order valence-corrected chi connectivity index (χ4v) is 1.90. The van der Waals surface area contributed by atoms with Gasteiger partial charge in [0.25, 0.3) is 0 Å². The van der Waals surface area contributed by atoms with Crippen molar-refractivity contribution in [2.24, 2.45) is 5.92 Å². The zero-order chi connectivity index (χ0) is 15.8. The Morgan fingerprint density at radius 1 is 1.29 bits per heavy atom. The lowest BCUT2D eigenvalue weighted by atomic mass is 9.99. The van der Waals surface area contributed by atoms with Crippen molar-refractivity contribution in [1.82, 2.24) is 10.6 Å². The third-order valence-corrected chi connectivity index (χ3v) is 3.57. The summed E-state index contributed by atoms with van der Waals surface area (Å²) < 4.78 is 4.72. The molecule has 0 unspecified atom stereocenters. The number of amides is 2. The van der Waals surface area contributed by atoms with E-state index in [0.717, 1.165) is 12.0 Å². The predicted octanol–water partition coefficient (Wildman–Crippen LogP) is 2.73. The van der Waals surface area contributed by atoms with E-state index in [1.807, 2.05) is 26.0 Å². The minimum atomic E-state index is -0.648. The van der Waals surface area contributed by atoms with Crippen LogP contribution in [0, 0.1) is 5.92 Å². The Bertz CT molecular complexity index is 476. The molecular weight excluding hydrogens is 292 g/mol. The number of benzene rings is 1. The quantitative estimate of drug-likeness (QED) is 0.794. The maximum Gasteiger partial charge on any atom is 0.328 e. The molecule has 2 N–H and O–H groups in total. The van der Waals surface area contributed by atoms with E-state index >= 15 is 0 Å². The van der Waals surface area contributed by atoms with Crippen molar-refractivity contribution in [2.75, 3.05) is 7.11 Å². The van der Waals surface area contributed by atoms with E-state index in [2.05, 4.69) is 10.6 Å². The first-order valence-electron chi connectivity index (χ1n) is 6.84. The first-order valence-corrected chi connectivity index (χ1v) is 7.22. The number of ether oxygens (including phenoxy) is 1. The smallest absolute Gasteiger partial charge is 0.328 e. The third kappa shape index (κ3) is 5.63. The molecule has 21 heavy (non-hydrogen) atoms. The molecule has 0 aliphatic carbocycles. The van der Waals surface area contributed by atoms with E-state index in [4.69, 9.17) is 16.3 Å². The van der Waals surface area contributed by atoms with Crippen LogP contribution in [0.3, 0.4) is 0 Å². The molecule has 2 amide bonds. The van der Waals surface area contributed by atoms with Crippen LogP contribution in [0.25, 0.3) is 0 Å². The summed E-state index contributed by atoms with van der Waals surface area (Å²) in [5.41, 5.74) is 0.924. The number of nitrogens with one attached hydrogen (secondary N) is 2. The fourth-order valence-electron chi connectivity index (χ4n) is 1.77. The Morgan fingerprint density at radius 2 is 1.90 bits per heavy atom. The summed E-state index contributed by atoms with van der Waals surface area (Å²) in [6.45, 7) is 4.20. The van der Waals surface area contributed by atoms with Gasteiger partial charge in [-0.2, -0.15) is 0 Å². The van der Waals surface area contributed by atoms with Crippen molar-refractivity contribution in [3.63, 3.8) is 0 Å². The summed E-state index contributed by atoms with van der Waals surface area (Å²) in [4.78, 5) is 23.6. The van der Waals surface area contributed by atoms with Crippen molar-refractivity contribution < 1.29 is 14.3 Å². The Balaban J connectivity index is 2.53. The largest absolute Gasteiger partial charge is 0.467 e. The summed E-state index contributed by atoms with van der Waals surface area (Å²) in [6, 6.07) is 6.12. The minimum absolute atomic E-state index is 0.00117. The van der Waals surface area contributed by atoms with Gasteiger partial charge in [0.15, 0.2) is 0 Å². The Hall–Kier alpha value is -1.75. The summed E-state index contributed by atoms with van der Waals surface area (Å²) in [7, 11) is 1.31. The van der Waals surface area contributed by atoms with Gasteiger partial charge in [0.2, 0.25) is 0 Å². The molecule has 1 aromatic carbocycles. The van der Waals surface area contributed by atoms with Crippen LogP contribution in [0.2, 0.25) is 5.02 Å². The van der Waals surface area contributed by atoms with Gasteiger partial charge in [-0.25, -0.2) is 9.59 Å². The molecule has 2 atom stereocenters. The molecule has 0 saturated carbocycles. The first kappa shape index (κ1) is 17.3. The predicted molar refractivity (Wildman–Crippen MR) is 82.1 cm³/mol. The molecule has 5 nitrogen and oxygen atoms in total. The number of hydrogen-bond acceptors (Lipinski definition) is 3. The summed E-state index contributed by atoms with van der Waals surface area (Å²) in [5, 5.41) is 6.00.